The Kier molecular flexibility index (Phi) is 4.14. The molecule has 1 atom stereocenters. The molecule has 4 nitrogen and oxygen atoms in total. The molecule has 1 unspecified atom stereocenters. The Hall–Kier alpha value is -1.65. The third-order valence-corrected chi connectivity index (χ3v) is 4.10. The minimum atomic E-state index is 0.187. The number of fused-ring (bicyclic) bond motifs is 1. The summed E-state index contributed by atoms with van der Waals surface area (Å²) in [5, 5.41) is 16.4. The van der Waals surface area contributed by atoms with Crippen molar-refractivity contribution in [3.63, 3.8) is 0 Å². The maximum absolute atomic E-state index is 9.38. The Morgan fingerprint density at radius 2 is 2.20 bits per heavy atom. The molecule has 1 aliphatic carbocycles. The topological polar surface area (TPSA) is 52.1 Å². The highest BCUT2D eigenvalue weighted by molar-refractivity contribution is 5.32. The highest BCUT2D eigenvalue weighted by Gasteiger charge is 2.25. The van der Waals surface area contributed by atoms with E-state index >= 15 is 0 Å². The highest BCUT2D eigenvalue weighted by Crippen LogP contribution is 2.34. The van der Waals surface area contributed by atoms with Crippen molar-refractivity contribution in [2.45, 2.75) is 31.8 Å². The van der Waals surface area contributed by atoms with Crippen LogP contribution >= 0.6 is 0 Å². The maximum atomic E-state index is 9.38. The van der Waals surface area contributed by atoms with Crippen LogP contribution in [-0.2, 0) is 13.0 Å². The Morgan fingerprint density at radius 1 is 1.30 bits per heavy atom. The summed E-state index contributed by atoms with van der Waals surface area (Å²) < 4.78 is 0. The minimum Gasteiger partial charge on any atom is -0.395 e. The van der Waals surface area contributed by atoms with Gasteiger partial charge in [0, 0.05) is 31.0 Å². The van der Waals surface area contributed by atoms with Crippen molar-refractivity contribution in [3.05, 3.63) is 53.3 Å². The van der Waals surface area contributed by atoms with E-state index in [9.17, 15) is 5.11 Å². The summed E-state index contributed by atoms with van der Waals surface area (Å²) in [5.41, 5.74) is 3.98. The first-order chi connectivity index (χ1) is 9.88. The molecule has 106 valence electrons. The molecule has 20 heavy (non-hydrogen) atoms. The lowest BCUT2D eigenvalue weighted by molar-refractivity contribution is 0.130. The second-order valence-electron chi connectivity index (χ2n) is 5.38. The number of aromatic amines is 1. The van der Waals surface area contributed by atoms with Gasteiger partial charge in [0.05, 0.1) is 6.61 Å². The van der Waals surface area contributed by atoms with Crippen molar-refractivity contribution >= 4 is 0 Å². The van der Waals surface area contributed by atoms with Gasteiger partial charge in [-0.3, -0.25) is 10.00 Å². The number of benzene rings is 1. The Morgan fingerprint density at radius 3 is 3.00 bits per heavy atom. The number of aliphatic hydroxyl groups excluding tert-OH is 1. The number of aryl methyl sites for hydroxylation is 1. The first kappa shape index (κ1) is 13.3. The lowest BCUT2D eigenvalue weighted by atomic mass is 9.86. The van der Waals surface area contributed by atoms with Crippen molar-refractivity contribution in [1.29, 1.82) is 0 Å². The fourth-order valence-electron chi connectivity index (χ4n) is 3.17. The van der Waals surface area contributed by atoms with Crippen LogP contribution in [0.2, 0.25) is 0 Å². The Balaban J connectivity index is 1.84. The second kappa shape index (κ2) is 6.20. The summed E-state index contributed by atoms with van der Waals surface area (Å²) >= 11 is 0. The number of aromatic nitrogens is 2. The van der Waals surface area contributed by atoms with Crippen molar-refractivity contribution in [1.82, 2.24) is 15.1 Å². The molecule has 1 aliphatic rings. The predicted molar refractivity (Wildman–Crippen MR) is 78.2 cm³/mol. The molecule has 3 rings (SSSR count). The van der Waals surface area contributed by atoms with E-state index in [0.717, 1.165) is 18.7 Å². The van der Waals surface area contributed by atoms with Gasteiger partial charge < -0.3 is 5.11 Å². The molecule has 0 saturated heterocycles. The van der Waals surface area contributed by atoms with Gasteiger partial charge in [-0.25, -0.2) is 0 Å². The molecule has 1 aromatic heterocycles. The predicted octanol–water partition coefficient (Wildman–Crippen LogP) is 2.28. The quantitative estimate of drug-likeness (QED) is 0.877. The van der Waals surface area contributed by atoms with E-state index in [-0.39, 0.29) is 6.61 Å². The monoisotopic (exact) mass is 271 g/mol. The number of hydrogen-bond donors (Lipinski definition) is 2. The third-order valence-electron chi connectivity index (χ3n) is 4.10. The largest absolute Gasteiger partial charge is 0.395 e. The number of nitrogens with zero attached hydrogens (tertiary/aromatic N) is 2. The second-order valence-corrected chi connectivity index (χ2v) is 5.38. The summed E-state index contributed by atoms with van der Waals surface area (Å²) in [7, 11) is 0. The van der Waals surface area contributed by atoms with Gasteiger partial charge >= 0.3 is 0 Å². The van der Waals surface area contributed by atoms with Crippen LogP contribution in [0.4, 0.5) is 0 Å². The van der Waals surface area contributed by atoms with Crippen molar-refractivity contribution in [2.24, 2.45) is 0 Å². The van der Waals surface area contributed by atoms with Gasteiger partial charge in [0.2, 0.25) is 0 Å². The zero-order valence-corrected chi connectivity index (χ0v) is 11.6. The number of H-pyrrole nitrogens is 1. The number of hydrogen-bond acceptors (Lipinski definition) is 3. The zero-order valence-electron chi connectivity index (χ0n) is 11.6. The van der Waals surface area contributed by atoms with E-state index in [1.54, 1.807) is 6.20 Å². The molecule has 1 heterocycles. The standard InChI is InChI=1S/C16H21N3O/c20-11-10-19(12-14-8-9-17-18-14)16-7-3-5-13-4-1-2-6-15(13)16/h1-2,4,6,8-9,16,20H,3,5,7,10-12H2,(H,17,18). The van der Waals surface area contributed by atoms with Gasteiger partial charge in [-0.05, 0) is 36.5 Å². The summed E-state index contributed by atoms with van der Waals surface area (Å²) in [5.74, 6) is 0. The third kappa shape index (κ3) is 2.76. The van der Waals surface area contributed by atoms with E-state index < -0.39 is 0 Å². The molecule has 0 amide bonds. The van der Waals surface area contributed by atoms with Gasteiger partial charge in [0.25, 0.3) is 0 Å². The molecule has 2 N–H and O–H groups in total. The SMILES string of the molecule is OCCN(Cc1ccn[nH]1)C1CCCc2ccccc21. The van der Waals surface area contributed by atoms with Crippen molar-refractivity contribution < 1.29 is 5.11 Å². The molecule has 0 saturated carbocycles. The van der Waals surface area contributed by atoms with Crippen LogP contribution in [0.25, 0.3) is 0 Å². The fourth-order valence-corrected chi connectivity index (χ4v) is 3.17. The van der Waals surface area contributed by atoms with Crippen molar-refractivity contribution in [3.8, 4) is 0 Å². The van der Waals surface area contributed by atoms with Crippen LogP contribution in [0.1, 0.15) is 35.7 Å². The summed E-state index contributed by atoms with van der Waals surface area (Å²) in [6.07, 6.45) is 5.32. The number of nitrogens with one attached hydrogen (secondary N) is 1. The van der Waals surface area contributed by atoms with Gasteiger partial charge in [0.1, 0.15) is 0 Å². The normalized spacial score (nSPS) is 18.2. The van der Waals surface area contributed by atoms with Gasteiger partial charge in [-0.1, -0.05) is 24.3 Å². The van der Waals surface area contributed by atoms with E-state index in [4.69, 9.17) is 0 Å². The van der Waals surface area contributed by atoms with Crippen molar-refractivity contribution in [2.75, 3.05) is 13.2 Å². The Bertz CT molecular complexity index is 538. The van der Waals surface area contributed by atoms with E-state index in [2.05, 4.69) is 39.4 Å². The molecule has 0 aliphatic heterocycles. The van der Waals surface area contributed by atoms with Gasteiger partial charge in [0.15, 0.2) is 0 Å². The highest BCUT2D eigenvalue weighted by atomic mass is 16.3. The smallest absolute Gasteiger partial charge is 0.0558 e. The van der Waals surface area contributed by atoms with Gasteiger partial charge in [-0.15, -0.1) is 0 Å². The number of rotatable bonds is 5. The molecule has 4 heteroatoms. The minimum absolute atomic E-state index is 0.187. The van der Waals surface area contributed by atoms with Crippen LogP contribution in [0.5, 0.6) is 0 Å². The molecule has 0 spiro atoms. The molecule has 1 aromatic carbocycles. The Labute approximate surface area is 119 Å². The molecule has 0 bridgehead atoms. The average Bonchev–Trinajstić information content (AvgIpc) is 2.99. The molecule has 2 aromatic rings. The molecule has 0 radical (unpaired) electrons. The molecular formula is C16H21N3O. The molecule has 0 fully saturated rings. The lowest BCUT2D eigenvalue weighted by Gasteiger charge is -2.35. The number of aliphatic hydroxyl groups is 1. The molecular weight excluding hydrogens is 250 g/mol. The first-order valence-corrected chi connectivity index (χ1v) is 7.29. The van der Waals surface area contributed by atoms with Crippen LogP contribution < -0.4 is 0 Å². The van der Waals surface area contributed by atoms with E-state index in [1.807, 2.05) is 6.07 Å². The van der Waals surface area contributed by atoms with Gasteiger partial charge in [-0.2, -0.15) is 5.10 Å². The van der Waals surface area contributed by atoms with Crippen LogP contribution in [-0.4, -0.2) is 33.4 Å². The van der Waals surface area contributed by atoms with Crippen LogP contribution in [0.15, 0.2) is 36.5 Å². The summed E-state index contributed by atoms with van der Waals surface area (Å²) in [6.45, 7) is 1.68. The zero-order chi connectivity index (χ0) is 13.8. The fraction of sp³-hybridized carbons (Fsp3) is 0.438. The average molecular weight is 271 g/mol. The lowest BCUT2D eigenvalue weighted by Crippen LogP contribution is -2.33. The van der Waals surface area contributed by atoms with Crippen LogP contribution in [0.3, 0.4) is 0 Å². The first-order valence-electron chi connectivity index (χ1n) is 7.29. The van der Waals surface area contributed by atoms with E-state index in [1.165, 1.54) is 24.0 Å². The van der Waals surface area contributed by atoms with Crippen LogP contribution in [0, 0.1) is 0 Å². The summed E-state index contributed by atoms with van der Waals surface area (Å²) in [6, 6.07) is 11.1. The summed E-state index contributed by atoms with van der Waals surface area (Å²) in [4.78, 5) is 2.35. The maximum Gasteiger partial charge on any atom is 0.0558 e. The van der Waals surface area contributed by atoms with E-state index in [0.29, 0.717) is 12.6 Å².